The molecule has 4 nitrogen and oxygen atoms in total. The lowest BCUT2D eigenvalue weighted by Crippen LogP contribution is -2.36. The monoisotopic (exact) mass is 309 g/mol. The molecule has 1 aromatic rings. The molecule has 0 fully saturated rings. The number of primary amides is 1. The van der Waals surface area contributed by atoms with E-state index in [1.807, 2.05) is 11.0 Å². The fourth-order valence-corrected chi connectivity index (χ4v) is 2.34. The number of carbonyl (C=O) groups is 1. The lowest BCUT2D eigenvalue weighted by atomic mass is 10.1. The van der Waals surface area contributed by atoms with Gasteiger partial charge in [-0.1, -0.05) is 13.8 Å². The van der Waals surface area contributed by atoms with E-state index in [0.29, 0.717) is 11.5 Å². The summed E-state index contributed by atoms with van der Waals surface area (Å²) < 4.78 is 0.795. The van der Waals surface area contributed by atoms with Crippen LogP contribution in [0.3, 0.4) is 0 Å². The predicted molar refractivity (Wildman–Crippen MR) is 75.1 cm³/mol. The van der Waals surface area contributed by atoms with E-state index in [4.69, 9.17) is 11.0 Å². The number of anilines is 1. The highest BCUT2D eigenvalue weighted by Gasteiger charge is 2.14. The molecule has 0 aliphatic heterocycles. The molecule has 0 bridgehead atoms. The summed E-state index contributed by atoms with van der Waals surface area (Å²) in [5.41, 5.74) is 6.72. The number of halogens is 1. The first kappa shape index (κ1) is 14.5. The predicted octanol–water partition coefficient (Wildman–Crippen LogP) is 2.27. The normalized spacial score (nSPS) is 10.2. The third-order valence-electron chi connectivity index (χ3n) is 2.35. The molecular formula is C13H16BrN3O. The van der Waals surface area contributed by atoms with Crippen molar-refractivity contribution in [3.8, 4) is 6.07 Å². The molecule has 0 aliphatic carbocycles. The molecule has 1 rings (SSSR count). The van der Waals surface area contributed by atoms with Crippen LogP contribution in [0, 0.1) is 17.2 Å². The quantitative estimate of drug-likeness (QED) is 0.907. The molecule has 0 atom stereocenters. The average Bonchev–Trinajstić information content (AvgIpc) is 2.26. The Bertz CT molecular complexity index is 480. The molecule has 96 valence electrons. The van der Waals surface area contributed by atoms with Crippen molar-refractivity contribution in [2.75, 3.05) is 18.0 Å². The van der Waals surface area contributed by atoms with Gasteiger partial charge in [0.05, 0.1) is 23.9 Å². The second-order valence-corrected chi connectivity index (χ2v) is 5.37. The summed E-state index contributed by atoms with van der Waals surface area (Å²) in [7, 11) is 0. The van der Waals surface area contributed by atoms with Crippen LogP contribution in [0.2, 0.25) is 0 Å². The highest BCUT2D eigenvalue weighted by atomic mass is 79.9. The molecule has 0 spiro atoms. The zero-order valence-corrected chi connectivity index (χ0v) is 12.1. The van der Waals surface area contributed by atoms with Crippen LogP contribution >= 0.6 is 15.9 Å². The highest BCUT2D eigenvalue weighted by molar-refractivity contribution is 9.10. The van der Waals surface area contributed by atoms with Crippen LogP contribution in [0.4, 0.5) is 5.69 Å². The van der Waals surface area contributed by atoms with Crippen molar-refractivity contribution in [1.29, 1.82) is 5.26 Å². The first-order valence-corrected chi connectivity index (χ1v) is 6.46. The van der Waals surface area contributed by atoms with Gasteiger partial charge in [-0.25, -0.2) is 0 Å². The van der Waals surface area contributed by atoms with Crippen LogP contribution in [0.15, 0.2) is 22.7 Å². The summed E-state index contributed by atoms with van der Waals surface area (Å²) in [5.74, 6) is 0.0406. The maximum atomic E-state index is 11.1. The summed E-state index contributed by atoms with van der Waals surface area (Å²) in [6.07, 6.45) is 0. The Morgan fingerprint density at radius 3 is 2.67 bits per heavy atom. The second kappa shape index (κ2) is 6.41. The van der Waals surface area contributed by atoms with Crippen molar-refractivity contribution in [2.24, 2.45) is 11.7 Å². The minimum atomic E-state index is -0.369. The molecule has 0 saturated carbocycles. The number of hydrogen-bond acceptors (Lipinski definition) is 3. The maximum absolute atomic E-state index is 11.1. The molecule has 0 heterocycles. The minimum Gasteiger partial charge on any atom is -0.368 e. The molecular weight excluding hydrogens is 294 g/mol. The summed E-state index contributed by atoms with van der Waals surface area (Å²) in [4.78, 5) is 13.0. The molecule has 5 heteroatoms. The van der Waals surface area contributed by atoms with E-state index in [1.54, 1.807) is 12.1 Å². The average molecular weight is 310 g/mol. The molecule has 1 amide bonds. The molecule has 18 heavy (non-hydrogen) atoms. The van der Waals surface area contributed by atoms with Gasteiger partial charge in [-0.3, -0.25) is 4.79 Å². The molecule has 0 aliphatic rings. The minimum absolute atomic E-state index is 0.169. The first-order valence-electron chi connectivity index (χ1n) is 5.67. The van der Waals surface area contributed by atoms with Crippen LogP contribution in [-0.4, -0.2) is 19.0 Å². The van der Waals surface area contributed by atoms with Crippen molar-refractivity contribution in [2.45, 2.75) is 13.8 Å². The lowest BCUT2D eigenvalue weighted by molar-refractivity contribution is -0.116. The molecule has 0 unspecified atom stereocenters. The van der Waals surface area contributed by atoms with Gasteiger partial charge >= 0.3 is 0 Å². The molecule has 0 aromatic heterocycles. The Hall–Kier alpha value is -1.54. The smallest absolute Gasteiger partial charge is 0.236 e. The Morgan fingerprint density at radius 1 is 1.56 bits per heavy atom. The van der Waals surface area contributed by atoms with Crippen molar-refractivity contribution >= 4 is 27.5 Å². The van der Waals surface area contributed by atoms with Gasteiger partial charge in [0.25, 0.3) is 0 Å². The SMILES string of the molecule is CC(C)CN(CC(N)=O)c1ccc(C#N)cc1Br. The number of carbonyl (C=O) groups excluding carboxylic acids is 1. The largest absolute Gasteiger partial charge is 0.368 e. The van der Waals surface area contributed by atoms with E-state index in [0.717, 1.165) is 16.7 Å². The number of benzene rings is 1. The maximum Gasteiger partial charge on any atom is 0.236 e. The molecule has 2 N–H and O–H groups in total. The number of nitrogens with zero attached hydrogens (tertiary/aromatic N) is 2. The van der Waals surface area contributed by atoms with Gasteiger partial charge in [0.2, 0.25) is 5.91 Å². The van der Waals surface area contributed by atoms with Crippen LogP contribution < -0.4 is 10.6 Å². The Kier molecular flexibility index (Phi) is 5.17. The van der Waals surface area contributed by atoms with Gasteiger partial charge < -0.3 is 10.6 Å². The Labute approximate surface area is 116 Å². The highest BCUT2D eigenvalue weighted by Crippen LogP contribution is 2.27. The Balaban J connectivity index is 3.05. The lowest BCUT2D eigenvalue weighted by Gasteiger charge is -2.26. The van der Waals surface area contributed by atoms with Gasteiger partial charge in [-0.2, -0.15) is 5.26 Å². The number of rotatable bonds is 5. The third-order valence-corrected chi connectivity index (χ3v) is 2.98. The number of hydrogen-bond donors (Lipinski definition) is 1. The van der Waals surface area contributed by atoms with Gasteiger partial charge in [0, 0.05) is 11.0 Å². The summed E-state index contributed by atoms with van der Waals surface area (Å²) in [5, 5.41) is 8.82. The van der Waals surface area contributed by atoms with E-state index in [2.05, 4.69) is 35.8 Å². The van der Waals surface area contributed by atoms with E-state index >= 15 is 0 Å². The standard InChI is InChI=1S/C13H16BrN3O/c1-9(2)7-17(8-13(16)18)12-4-3-10(6-15)5-11(12)14/h3-5,9H,7-8H2,1-2H3,(H2,16,18). The summed E-state index contributed by atoms with van der Waals surface area (Å²) in [6.45, 7) is 5.05. The molecule has 0 saturated heterocycles. The third kappa shape index (κ3) is 4.04. The zero-order valence-electron chi connectivity index (χ0n) is 10.5. The summed E-state index contributed by atoms with van der Waals surface area (Å²) in [6, 6.07) is 7.37. The van der Waals surface area contributed by atoms with Crippen molar-refractivity contribution in [1.82, 2.24) is 0 Å². The van der Waals surface area contributed by atoms with Gasteiger partial charge in [-0.05, 0) is 40.0 Å². The first-order chi connectivity index (χ1) is 8.43. The summed E-state index contributed by atoms with van der Waals surface area (Å²) >= 11 is 3.42. The van der Waals surface area contributed by atoms with Crippen molar-refractivity contribution < 1.29 is 4.79 Å². The van der Waals surface area contributed by atoms with Crippen molar-refractivity contribution in [3.63, 3.8) is 0 Å². The van der Waals surface area contributed by atoms with Crippen LogP contribution in [0.25, 0.3) is 0 Å². The van der Waals surface area contributed by atoms with Crippen LogP contribution in [0.1, 0.15) is 19.4 Å². The van der Waals surface area contributed by atoms with E-state index in [-0.39, 0.29) is 12.5 Å². The van der Waals surface area contributed by atoms with Crippen LogP contribution in [-0.2, 0) is 4.79 Å². The van der Waals surface area contributed by atoms with E-state index in [9.17, 15) is 4.79 Å². The topological polar surface area (TPSA) is 70.1 Å². The molecule has 0 radical (unpaired) electrons. The second-order valence-electron chi connectivity index (χ2n) is 4.52. The fourth-order valence-electron chi connectivity index (χ4n) is 1.71. The van der Waals surface area contributed by atoms with Gasteiger partial charge in [0.15, 0.2) is 0 Å². The van der Waals surface area contributed by atoms with Gasteiger partial charge in [-0.15, -0.1) is 0 Å². The zero-order chi connectivity index (χ0) is 13.7. The molecule has 1 aromatic carbocycles. The number of nitrogens with two attached hydrogens (primary N) is 1. The Morgan fingerprint density at radius 2 is 2.22 bits per heavy atom. The van der Waals surface area contributed by atoms with Crippen LogP contribution in [0.5, 0.6) is 0 Å². The number of nitriles is 1. The fraction of sp³-hybridized carbons (Fsp3) is 0.385. The van der Waals surface area contributed by atoms with E-state index in [1.165, 1.54) is 0 Å². The number of amides is 1. The van der Waals surface area contributed by atoms with Crippen molar-refractivity contribution in [3.05, 3.63) is 28.2 Å². The van der Waals surface area contributed by atoms with E-state index < -0.39 is 0 Å². The van der Waals surface area contributed by atoms with Gasteiger partial charge in [0.1, 0.15) is 0 Å².